The number of carbonyl (C=O) groups excluding carboxylic acids is 3. The molecule has 3 unspecified atom stereocenters. The molecule has 2 saturated heterocycles. The van der Waals surface area contributed by atoms with Crippen LogP contribution >= 0.6 is 0 Å². The predicted molar refractivity (Wildman–Crippen MR) is 114 cm³/mol. The van der Waals surface area contributed by atoms with E-state index in [9.17, 15) is 14.4 Å². The lowest BCUT2D eigenvalue weighted by molar-refractivity contribution is -0.136. The average Bonchev–Trinajstić information content (AvgIpc) is 3.39. The summed E-state index contributed by atoms with van der Waals surface area (Å²) in [5, 5.41) is 3.01. The van der Waals surface area contributed by atoms with Crippen LogP contribution < -0.4 is 10.2 Å². The van der Waals surface area contributed by atoms with E-state index in [0.29, 0.717) is 17.7 Å². The molecule has 2 amide bonds. The van der Waals surface area contributed by atoms with Crippen LogP contribution in [0.1, 0.15) is 42.1 Å². The number of amides is 2. The summed E-state index contributed by atoms with van der Waals surface area (Å²) < 4.78 is 0. The average molecular weight is 403 g/mol. The first-order chi connectivity index (χ1) is 14.4. The van der Waals surface area contributed by atoms with Crippen LogP contribution in [0.15, 0.2) is 48.5 Å². The Kier molecular flexibility index (Phi) is 4.29. The van der Waals surface area contributed by atoms with E-state index in [4.69, 9.17) is 0 Å². The van der Waals surface area contributed by atoms with Crippen molar-refractivity contribution in [1.82, 2.24) is 4.90 Å². The van der Waals surface area contributed by atoms with Crippen molar-refractivity contribution in [2.75, 3.05) is 23.8 Å². The number of nitrogens with one attached hydrogen (secondary N) is 1. The van der Waals surface area contributed by atoms with Gasteiger partial charge in [-0.3, -0.25) is 19.3 Å². The highest BCUT2D eigenvalue weighted by Crippen LogP contribution is 2.56. The summed E-state index contributed by atoms with van der Waals surface area (Å²) in [5.41, 5.74) is 2.13. The fraction of sp³-hybridized carbons (Fsp3) is 0.375. The van der Waals surface area contributed by atoms with Gasteiger partial charge in [-0.1, -0.05) is 18.2 Å². The molecule has 6 nitrogen and oxygen atoms in total. The van der Waals surface area contributed by atoms with Gasteiger partial charge in [0.15, 0.2) is 5.78 Å². The third kappa shape index (κ3) is 2.50. The first-order valence-electron chi connectivity index (χ1n) is 10.5. The van der Waals surface area contributed by atoms with Gasteiger partial charge in [0.2, 0.25) is 5.91 Å². The van der Waals surface area contributed by atoms with Crippen molar-refractivity contribution >= 4 is 29.0 Å². The van der Waals surface area contributed by atoms with Crippen molar-refractivity contribution in [2.45, 2.75) is 37.8 Å². The van der Waals surface area contributed by atoms with E-state index in [1.807, 2.05) is 24.3 Å². The van der Waals surface area contributed by atoms with Crippen LogP contribution in [0.3, 0.4) is 0 Å². The third-order valence-corrected chi connectivity index (χ3v) is 7.02. The number of likely N-dealkylation sites (N-methyl/N-ethyl adjacent to an activating group) is 1. The standard InChI is InChI=1S/C24H25N3O3/c1-15(28)16-9-11-17(12-10-16)25-22(29)20-14-18-6-5-13-27(18)24(20)19-7-3-4-8-21(19)26(2)23(24)30/h3-4,7-12,18,20H,5-6,13-14H2,1-2H3,(H,25,29). The molecular formula is C24H25N3O3. The predicted octanol–water partition coefficient (Wildman–Crippen LogP) is 3.18. The largest absolute Gasteiger partial charge is 0.326 e. The monoisotopic (exact) mass is 403 g/mol. The van der Waals surface area contributed by atoms with Crippen molar-refractivity contribution in [1.29, 1.82) is 0 Å². The number of hydrogen-bond donors (Lipinski definition) is 1. The van der Waals surface area contributed by atoms with Gasteiger partial charge < -0.3 is 10.2 Å². The highest BCUT2D eigenvalue weighted by Gasteiger charge is 2.66. The first-order valence-corrected chi connectivity index (χ1v) is 10.5. The molecule has 1 spiro atoms. The second-order valence-electron chi connectivity index (χ2n) is 8.55. The quantitative estimate of drug-likeness (QED) is 0.799. The van der Waals surface area contributed by atoms with E-state index in [1.54, 1.807) is 36.2 Å². The summed E-state index contributed by atoms with van der Waals surface area (Å²) in [7, 11) is 1.80. The van der Waals surface area contributed by atoms with Crippen molar-refractivity contribution < 1.29 is 14.4 Å². The molecule has 0 saturated carbocycles. The molecule has 0 radical (unpaired) electrons. The van der Waals surface area contributed by atoms with Gasteiger partial charge in [0.25, 0.3) is 5.91 Å². The lowest BCUT2D eigenvalue weighted by atomic mass is 9.78. The van der Waals surface area contributed by atoms with Crippen LogP contribution in [0.4, 0.5) is 11.4 Å². The molecule has 154 valence electrons. The molecule has 3 heterocycles. The van der Waals surface area contributed by atoms with Crippen molar-refractivity contribution in [2.24, 2.45) is 5.92 Å². The van der Waals surface area contributed by atoms with Gasteiger partial charge >= 0.3 is 0 Å². The molecule has 2 aromatic carbocycles. The van der Waals surface area contributed by atoms with E-state index < -0.39 is 11.5 Å². The van der Waals surface area contributed by atoms with Crippen LogP contribution in [0.5, 0.6) is 0 Å². The number of hydrogen-bond acceptors (Lipinski definition) is 4. The summed E-state index contributed by atoms with van der Waals surface area (Å²) in [6.45, 7) is 2.35. The Morgan fingerprint density at radius 1 is 1.10 bits per heavy atom. The normalized spacial score (nSPS) is 27.4. The zero-order valence-corrected chi connectivity index (χ0v) is 17.2. The van der Waals surface area contributed by atoms with E-state index in [2.05, 4.69) is 10.2 Å². The number of Topliss-reactive ketones (excluding diaryl/α,β-unsaturated/α-hetero) is 1. The van der Waals surface area contributed by atoms with Crippen LogP contribution in [0.25, 0.3) is 0 Å². The fourth-order valence-corrected chi connectivity index (χ4v) is 5.69. The van der Waals surface area contributed by atoms with Crippen LogP contribution in [0, 0.1) is 5.92 Å². The fourth-order valence-electron chi connectivity index (χ4n) is 5.69. The molecule has 30 heavy (non-hydrogen) atoms. The van der Waals surface area contributed by atoms with Crippen molar-refractivity contribution in [3.8, 4) is 0 Å². The smallest absolute Gasteiger partial charge is 0.252 e. The Labute approximate surface area is 175 Å². The number of anilines is 2. The van der Waals surface area contributed by atoms with Crippen LogP contribution in [0.2, 0.25) is 0 Å². The molecule has 5 rings (SSSR count). The Morgan fingerprint density at radius 3 is 2.57 bits per heavy atom. The molecule has 3 aliphatic heterocycles. The highest BCUT2D eigenvalue weighted by molar-refractivity contribution is 6.11. The topological polar surface area (TPSA) is 69.7 Å². The minimum absolute atomic E-state index is 0.0137. The number of para-hydroxylation sites is 1. The molecule has 2 fully saturated rings. The van der Waals surface area contributed by atoms with E-state index >= 15 is 0 Å². The number of nitrogens with zero attached hydrogens (tertiary/aromatic N) is 2. The Bertz CT molecular complexity index is 1050. The van der Waals surface area contributed by atoms with Crippen LogP contribution in [-0.2, 0) is 15.1 Å². The number of fused-ring (bicyclic) bond motifs is 4. The van der Waals surface area contributed by atoms with Gasteiger partial charge in [-0.2, -0.15) is 0 Å². The highest BCUT2D eigenvalue weighted by atomic mass is 16.2. The summed E-state index contributed by atoms with van der Waals surface area (Å²) in [6.07, 6.45) is 2.73. The lowest BCUT2D eigenvalue weighted by Gasteiger charge is -2.37. The summed E-state index contributed by atoms with van der Waals surface area (Å²) in [4.78, 5) is 42.7. The van der Waals surface area contributed by atoms with Crippen molar-refractivity contribution in [3.63, 3.8) is 0 Å². The lowest BCUT2D eigenvalue weighted by Crippen LogP contribution is -2.55. The molecular weight excluding hydrogens is 378 g/mol. The first kappa shape index (κ1) is 19.0. The third-order valence-electron chi connectivity index (χ3n) is 7.02. The van der Waals surface area contributed by atoms with Gasteiger partial charge in [-0.15, -0.1) is 0 Å². The van der Waals surface area contributed by atoms with Gasteiger partial charge in [0.1, 0.15) is 5.54 Å². The minimum atomic E-state index is -0.935. The minimum Gasteiger partial charge on any atom is -0.326 e. The van der Waals surface area contributed by atoms with Crippen LogP contribution in [-0.4, -0.2) is 42.1 Å². The van der Waals surface area contributed by atoms with Gasteiger partial charge in [-0.25, -0.2) is 0 Å². The summed E-state index contributed by atoms with van der Waals surface area (Å²) in [6, 6.07) is 15.0. The van der Waals surface area contributed by atoms with Gasteiger partial charge in [-0.05, 0) is 63.1 Å². The molecule has 2 aromatic rings. The molecule has 0 aliphatic carbocycles. The maximum Gasteiger partial charge on any atom is 0.252 e. The molecule has 6 heteroatoms. The van der Waals surface area contributed by atoms with Crippen molar-refractivity contribution in [3.05, 3.63) is 59.7 Å². The Morgan fingerprint density at radius 2 is 1.83 bits per heavy atom. The number of ketones is 1. The molecule has 3 aliphatic rings. The number of rotatable bonds is 3. The second kappa shape index (κ2) is 6.77. The Hall–Kier alpha value is -2.99. The summed E-state index contributed by atoms with van der Waals surface area (Å²) >= 11 is 0. The van der Waals surface area contributed by atoms with E-state index in [1.165, 1.54) is 6.92 Å². The van der Waals surface area contributed by atoms with E-state index in [0.717, 1.165) is 30.6 Å². The molecule has 0 aromatic heterocycles. The SMILES string of the molecule is CC(=O)c1ccc(NC(=O)C2CC3CCCN3C23C(=O)N(C)c2ccccc23)cc1. The van der Waals surface area contributed by atoms with Gasteiger partial charge in [0.05, 0.1) is 5.92 Å². The molecule has 3 atom stereocenters. The maximum absolute atomic E-state index is 13.7. The Balaban J connectivity index is 1.54. The zero-order valence-electron chi connectivity index (χ0n) is 17.2. The maximum atomic E-state index is 13.7. The second-order valence-corrected chi connectivity index (χ2v) is 8.55. The molecule has 1 N–H and O–H groups in total. The van der Waals surface area contributed by atoms with E-state index in [-0.39, 0.29) is 23.6 Å². The van der Waals surface area contributed by atoms with Gasteiger partial charge in [0, 0.05) is 35.6 Å². The molecule has 0 bridgehead atoms. The number of carbonyl (C=O) groups is 3. The number of benzene rings is 2. The summed E-state index contributed by atoms with van der Waals surface area (Å²) in [5.74, 6) is -0.632. The zero-order chi connectivity index (χ0) is 21.0.